The van der Waals surface area contributed by atoms with Gasteiger partial charge in [0.25, 0.3) is 0 Å². The van der Waals surface area contributed by atoms with Crippen molar-refractivity contribution in [2.75, 3.05) is 0 Å². The number of carbonyl (C=O) groups is 4. The van der Waals surface area contributed by atoms with Crippen molar-refractivity contribution >= 4 is 23.8 Å². The van der Waals surface area contributed by atoms with Crippen molar-refractivity contribution in [2.45, 2.75) is 98.1 Å². The van der Waals surface area contributed by atoms with Gasteiger partial charge in [-0.1, -0.05) is 70.2 Å². The smallest absolute Gasteiger partial charge is 0.408 e. The van der Waals surface area contributed by atoms with Gasteiger partial charge in [0, 0.05) is 6.42 Å². The average molecular weight is 597 g/mol. The fraction of sp³-hybridized carbons (Fsp3) is 0.515. The van der Waals surface area contributed by atoms with Gasteiger partial charge in [0.1, 0.15) is 36.1 Å². The van der Waals surface area contributed by atoms with Gasteiger partial charge in [-0.3, -0.25) is 14.4 Å². The molecule has 0 heterocycles. The molecule has 0 bridgehead atoms. The van der Waals surface area contributed by atoms with Gasteiger partial charge in [0.05, 0.1) is 0 Å². The summed E-state index contributed by atoms with van der Waals surface area (Å²) >= 11 is 0. The number of primary amides is 1. The van der Waals surface area contributed by atoms with E-state index in [1.165, 1.54) is 0 Å². The highest BCUT2D eigenvalue weighted by Gasteiger charge is 2.31. The largest absolute Gasteiger partial charge is 0.489 e. The summed E-state index contributed by atoms with van der Waals surface area (Å²) in [5, 5.41) is 8.14. The molecule has 236 valence electrons. The Morgan fingerprint density at radius 1 is 0.721 bits per heavy atom. The van der Waals surface area contributed by atoms with Gasteiger partial charge in [0.2, 0.25) is 17.7 Å². The molecule has 0 spiro atoms. The second kappa shape index (κ2) is 16.5. The van der Waals surface area contributed by atoms with Gasteiger partial charge in [-0.05, 0) is 68.7 Å². The summed E-state index contributed by atoms with van der Waals surface area (Å²) in [6.07, 6.45) is 0.0671. The lowest BCUT2D eigenvalue weighted by molar-refractivity contribution is -0.132. The SMILES string of the molecule is CC(C)C[C@H](NC(=O)[C@@H](Cc1ccc(OCc2ccccc2)cc1)NC(=O)OC(C)(C)C)C(=O)N[C@H](CC(C)C)C(N)=O. The Labute approximate surface area is 255 Å². The second-order valence-corrected chi connectivity index (χ2v) is 12.6. The van der Waals surface area contributed by atoms with Gasteiger partial charge < -0.3 is 31.2 Å². The monoisotopic (exact) mass is 596 g/mol. The van der Waals surface area contributed by atoms with Crippen LogP contribution in [0.25, 0.3) is 0 Å². The molecule has 5 N–H and O–H groups in total. The molecule has 3 atom stereocenters. The minimum absolute atomic E-state index is 0.0499. The number of amides is 4. The summed E-state index contributed by atoms with van der Waals surface area (Å²) < 4.78 is 11.3. The zero-order chi connectivity index (χ0) is 32.2. The van der Waals surface area contributed by atoms with E-state index >= 15 is 0 Å². The van der Waals surface area contributed by atoms with Crippen molar-refractivity contribution in [1.29, 1.82) is 0 Å². The molecule has 0 aromatic heterocycles. The van der Waals surface area contributed by atoms with Crippen molar-refractivity contribution in [1.82, 2.24) is 16.0 Å². The van der Waals surface area contributed by atoms with Crippen LogP contribution in [-0.4, -0.2) is 47.5 Å². The normalized spacial score (nSPS) is 13.5. The molecule has 0 aliphatic carbocycles. The quantitative estimate of drug-likeness (QED) is 0.242. The fourth-order valence-electron chi connectivity index (χ4n) is 4.32. The van der Waals surface area contributed by atoms with E-state index < -0.39 is 47.5 Å². The molecule has 0 saturated carbocycles. The van der Waals surface area contributed by atoms with Crippen molar-refractivity contribution in [2.24, 2.45) is 17.6 Å². The summed E-state index contributed by atoms with van der Waals surface area (Å²) in [7, 11) is 0. The van der Waals surface area contributed by atoms with Gasteiger partial charge >= 0.3 is 6.09 Å². The molecule has 0 saturated heterocycles. The Kier molecular flexibility index (Phi) is 13.5. The molecule has 0 fully saturated rings. The van der Waals surface area contributed by atoms with Gasteiger partial charge in [0.15, 0.2) is 0 Å². The number of nitrogens with one attached hydrogen (secondary N) is 3. The Balaban J connectivity index is 2.20. The third kappa shape index (κ3) is 13.6. The first kappa shape index (κ1) is 35.1. The Hall–Kier alpha value is -4.08. The molecule has 43 heavy (non-hydrogen) atoms. The molecule has 0 aliphatic rings. The number of benzene rings is 2. The van der Waals surface area contributed by atoms with E-state index in [0.717, 1.165) is 11.1 Å². The molecule has 10 nitrogen and oxygen atoms in total. The molecular weight excluding hydrogens is 548 g/mol. The summed E-state index contributed by atoms with van der Waals surface area (Å²) in [6, 6.07) is 14.2. The van der Waals surface area contributed by atoms with E-state index in [4.69, 9.17) is 15.2 Å². The van der Waals surface area contributed by atoms with E-state index in [1.54, 1.807) is 32.9 Å². The molecule has 2 rings (SSSR count). The zero-order valence-corrected chi connectivity index (χ0v) is 26.4. The topological polar surface area (TPSA) is 149 Å². The number of alkyl carbamates (subject to hydrolysis) is 1. The van der Waals surface area contributed by atoms with Crippen LogP contribution < -0.4 is 26.4 Å². The van der Waals surface area contributed by atoms with Crippen LogP contribution in [0.3, 0.4) is 0 Å². The third-order valence-corrected chi connectivity index (χ3v) is 6.33. The molecule has 0 radical (unpaired) electrons. The van der Waals surface area contributed by atoms with E-state index in [2.05, 4.69) is 16.0 Å². The van der Waals surface area contributed by atoms with Crippen molar-refractivity contribution in [3.63, 3.8) is 0 Å². The lowest BCUT2D eigenvalue weighted by atomic mass is 9.99. The van der Waals surface area contributed by atoms with Crippen LogP contribution in [0.15, 0.2) is 54.6 Å². The number of carbonyl (C=O) groups excluding carboxylic acids is 4. The minimum atomic E-state index is -1.05. The highest BCUT2D eigenvalue weighted by Crippen LogP contribution is 2.17. The maximum Gasteiger partial charge on any atom is 0.408 e. The molecular formula is C33H48N4O6. The first-order chi connectivity index (χ1) is 20.1. The predicted molar refractivity (Wildman–Crippen MR) is 166 cm³/mol. The zero-order valence-electron chi connectivity index (χ0n) is 26.4. The molecule has 10 heteroatoms. The van der Waals surface area contributed by atoms with Crippen LogP contribution in [0.4, 0.5) is 4.79 Å². The number of hydrogen-bond acceptors (Lipinski definition) is 6. The van der Waals surface area contributed by atoms with Crippen LogP contribution in [0.2, 0.25) is 0 Å². The Morgan fingerprint density at radius 2 is 1.26 bits per heavy atom. The van der Waals surface area contributed by atoms with E-state index in [-0.39, 0.29) is 18.3 Å². The van der Waals surface area contributed by atoms with Crippen molar-refractivity contribution in [3.05, 3.63) is 65.7 Å². The summed E-state index contributed by atoms with van der Waals surface area (Å²) in [6.45, 7) is 13.3. The van der Waals surface area contributed by atoms with Crippen LogP contribution in [0.1, 0.15) is 72.4 Å². The summed E-state index contributed by atoms with van der Waals surface area (Å²) in [5.74, 6) is -0.884. The molecule has 2 aromatic rings. The minimum Gasteiger partial charge on any atom is -0.489 e. The predicted octanol–water partition coefficient (Wildman–Crippen LogP) is 4.25. The molecule has 2 aromatic carbocycles. The third-order valence-electron chi connectivity index (χ3n) is 6.33. The summed E-state index contributed by atoms with van der Waals surface area (Å²) in [4.78, 5) is 51.5. The first-order valence-corrected chi connectivity index (χ1v) is 14.8. The molecule has 4 amide bonds. The highest BCUT2D eigenvalue weighted by atomic mass is 16.6. The van der Waals surface area contributed by atoms with E-state index in [1.807, 2.05) is 70.2 Å². The van der Waals surface area contributed by atoms with Gasteiger partial charge in [-0.25, -0.2) is 4.79 Å². The number of nitrogens with two attached hydrogens (primary N) is 1. The van der Waals surface area contributed by atoms with Crippen LogP contribution >= 0.6 is 0 Å². The number of ether oxygens (including phenoxy) is 2. The van der Waals surface area contributed by atoms with E-state index in [0.29, 0.717) is 25.2 Å². The lowest BCUT2D eigenvalue weighted by Gasteiger charge is -2.27. The standard InChI is InChI=1S/C33H48N4O6/c1-21(2)17-26(29(34)38)35-30(39)27(18-22(3)4)36-31(40)28(37-32(41)43-33(5,6)7)19-23-13-15-25(16-14-23)42-20-24-11-9-8-10-12-24/h8-16,21-22,26-28H,17-20H2,1-7H3,(H2,34,38)(H,35,39)(H,36,40)(H,37,41)/t26-,27+,28-/m1/s1. The Bertz CT molecular complexity index is 1190. The van der Waals surface area contributed by atoms with Crippen LogP contribution in [-0.2, 0) is 32.1 Å². The molecule has 0 aliphatic heterocycles. The van der Waals surface area contributed by atoms with Crippen molar-refractivity contribution in [3.8, 4) is 5.75 Å². The van der Waals surface area contributed by atoms with Gasteiger partial charge in [-0.15, -0.1) is 0 Å². The van der Waals surface area contributed by atoms with Crippen LogP contribution in [0, 0.1) is 11.8 Å². The highest BCUT2D eigenvalue weighted by molar-refractivity contribution is 5.93. The maximum absolute atomic E-state index is 13.6. The first-order valence-electron chi connectivity index (χ1n) is 14.8. The average Bonchev–Trinajstić information content (AvgIpc) is 2.90. The maximum atomic E-state index is 13.6. The number of hydrogen-bond donors (Lipinski definition) is 4. The lowest BCUT2D eigenvalue weighted by Crippen LogP contribution is -2.57. The van der Waals surface area contributed by atoms with Gasteiger partial charge in [-0.2, -0.15) is 0 Å². The second-order valence-electron chi connectivity index (χ2n) is 12.6. The van der Waals surface area contributed by atoms with Crippen molar-refractivity contribution < 1.29 is 28.7 Å². The number of rotatable bonds is 15. The Morgan fingerprint density at radius 3 is 1.79 bits per heavy atom. The summed E-state index contributed by atoms with van der Waals surface area (Å²) in [5.41, 5.74) is 6.55. The van der Waals surface area contributed by atoms with Crippen LogP contribution in [0.5, 0.6) is 5.75 Å². The fourth-order valence-corrected chi connectivity index (χ4v) is 4.32. The van der Waals surface area contributed by atoms with E-state index in [9.17, 15) is 19.2 Å². The molecule has 0 unspecified atom stereocenters.